The second kappa shape index (κ2) is 12.1. The fraction of sp³-hybridized carbons (Fsp3) is 0.424. The Bertz CT molecular complexity index is 1730. The number of methoxy groups -OCH3 is 1. The number of carbonyl (C=O) groups excluding carboxylic acids is 1. The fourth-order valence-corrected chi connectivity index (χ4v) is 7.22. The average molecular weight is 617 g/mol. The Labute approximate surface area is 259 Å². The number of nitrogens with zero attached hydrogens (tertiary/aromatic N) is 3. The molecule has 2 aromatic heterocycles. The van der Waals surface area contributed by atoms with Crippen molar-refractivity contribution in [2.24, 2.45) is 0 Å². The van der Waals surface area contributed by atoms with E-state index in [1.807, 2.05) is 24.3 Å². The van der Waals surface area contributed by atoms with E-state index in [-0.39, 0.29) is 22.9 Å². The van der Waals surface area contributed by atoms with Crippen molar-refractivity contribution in [2.75, 3.05) is 20.7 Å². The first kappa shape index (κ1) is 31.8. The van der Waals surface area contributed by atoms with Crippen LogP contribution in [0.25, 0.3) is 11.1 Å². The number of aromatic nitrogens is 2. The number of aryl methyl sites for hydroxylation is 1. The van der Waals surface area contributed by atoms with Crippen LogP contribution >= 0.6 is 0 Å². The number of H-pyrrole nitrogens is 1. The highest BCUT2D eigenvalue weighted by molar-refractivity contribution is 5.90. The van der Waals surface area contributed by atoms with Crippen LogP contribution in [0.1, 0.15) is 48.6 Å². The van der Waals surface area contributed by atoms with E-state index in [1.54, 1.807) is 32.5 Å². The van der Waals surface area contributed by atoms with Gasteiger partial charge in [0.05, 0.1) is 18.1 Å². The number of nitriles is 1. The van der Waals surface area contributed by atoms with Gasteiger partial charge in [-0.1, -0.05) is 6.07 Å². The van der Waals surface area contributed by atoms with Crippen LogP contribution in [0.4, 0.5) is 0 Å². The van der Waals surface area contributed by atoms with Crippen LogP contribution in [-0.4, -0.2) is 86.5 Å². The summed E-state index contributed by atoms with van der Waals surface area (Å²) in [6.07, 6.45) is 4.01. The van der Waals surface area contributed by atoms with Gasteiger partial charge in [0.25, 0.3) is 5.56 Å². The Morgan fingerprint density at radius 3 is 2.56 bits per heavy atom. The van der Waals surface area contributed by atoms with E-state index in [0.29, 0.717) is 24.3 Å². The van der Waals surface area contributed by atoms with Crippen molar-refractivity contribution in [1.29, 1.82) is 5.26 Å². The Morgan fingerprint density at radius 2 is 1.93 bits per heavy atom. The van der Waals surface area contributed by atoms with Crippen molar-refractivity contribution in [2.45, 2.75) is 68.8 Å². The molecular weight excluding hydrogens is 580 g/mol. The lowest BCUT2D eigenvalue weighted by atomic mass is 9.49. The molecule has 7 rings (SSSR count). The smallest absolute Gasteiger partial charge is 0.332 e. The van der Waals surface area contributed by atoms with Gasteiger partial charge >= 0.3 is 5.97 Å². The minimum Gasteiger partial charge on any atom is -0.493 e. The maximum atomic E-state index is 12.7. The first-order chi connectivity index (χ1) is 21.4. The van der Waals surface area contributed by atoms with Gasteiger partial charge in [0.15, 0.2) is 23.4 Å². The van der Waals surface area contributed by atoms with E-state index in [4.69, 9.17) is 24.9 Å². The third-order valence-electron chi connectivity index (χ3n) is 9.44. The number of benzene rings is 1. The predicted molar refractivity (Wildman–Crippen MR) is 162 cm³/mol. The van der Waals surface area contributed by atoms with Crippen LogP contribution in [-0.2, 0) is 21.4 Å². The predicted octanol–water partition coefficient (Wildman–Crippen LogP) is 2.12. The number of piperidine rings is 1. The lowest BCUT2D eigenvalue weighted by Crippen LogP contribution is -2.76. The highest BCUT2D eigenvalue weighted by Crippen LogP contribution is 2.64. The van der Waals surface area contributed by atoms with E-state index < -0.39 is 29.2 Å². The number of aromatic amines is 1. The van der Waals surface area contributed by atoms with Gasteiger partial charge in [-0.15, -0.1) is 0 Å². The first-order valence-corrected chi connectivity index (χ1v) is 14.7. The van der Waals surface area contributed by atoms with Crippen LogP contribution in [0.2, 0.25) is 0 Å². The third-order valence-corrected chi connectivity index (χ3v) is 9.44. The summed E-state index contributed by atoms with van der Waals surface area (Å²) in [5.74, 6) is 0.283. The summed E-state index contributed by atoms with van der Waals surface area (Å²) >= 11 is 0. The molecule has 1 aromatic carbocycles. The number of nitrogens with one attached hydrogen (secondary N) is 1. The van der Waals surface area contributed by atoms with Crippen molar-refractivity contribution < 1.29 is 34.4 Å². The molecule has 3 aromatic rings. The molecule has 1 saturated heterocycles. The quantitative estimate of drug-likeness (QED) is 0.338. The number of ether oxygens (including phenoxy) is 2. The van der Waals surface area contributed by atoms with Gasteiger partial charge in [-0.05, 0) is 82.1 Å². The lowest BCUT2D eigenvalue weighted by molar-refractivity contribution is -0.185. The van der Waals surface area contributed by atoms with Gasteiger partial charge in [0.2, 0.25) is 0 Å². The van der Waals surface area contributed by atoms with Crippen molar-refractivity contribution in [3.63, 3.8) is 0 Å². The molecule has 4 N–H and O–H groups in total. The first-order valence-electron chi connectivity index (χ1n) is 14.7. The van der Waals surface area contributed by atoms with Crippen molar-refractivity contribution in [3.8, 4) is 28.7 Å². The summed E-state index contributed by atoms with van der Waals surface area (Å²) in [6.45, 7) is 3.87. The Morgan fingerprint density at radius 1 is 1.24 bits per heavy atom. The molecule has 45 heavy (non-hydrogen) atoms. The number of rotatable bonds is 3. The molecular formula is C33H36N4O8. The SMILES string of the molecule is CC(O)C(=O)O.COc1ccc2c3c1O[C@H]1C(=O)CC[C@@]4(O)[C@@H](C2)N(C)CC[C@]314.Cc1[nH]c(=O)c(C#N)cc1-c1ccncc1. The molecule has 2 aliphatic carbocycles. The number of hydrogen-bond donors (Lipinski definition) is 4. The summed E-state index contributed by atoms with van der Waals surface area (Å²) in [7, 11) is 3.70. The number of aliphatic hydroxyl groups excluding tert-OH is 1. The molecule has 1 unspecified atom stereocenters. The summed E-state index contributed by atoms with van der Waals surface area (Å²) in [5, 5.41) is 36.3. The van der Waals surface area contributed by atoms with Crippen molar-refractivity contribution in [3.05, 3.63) is 75.5 Å². The third kappa shape index (κ3) is 5.16. The topological polar surface area (TPSA) is 186 Å². The second-order valence-corrected chi connectivity index (χ2v) is 11.9. The zero-order chi connectivity index (χ0) is 32.7. The highest BCUT2D eigenvalue weighted by Gasteiger charge is 2.72. The number of likely N-dealkylation sites (tertiary alicyclic amines) is 1. The van der Waals surface area contributed by atoms with Gasteiger partial charge in [-0.3, -0.25) is 14.6 Å². The Kier molecular flexibility index (Phi) is 8.55. The van der Waals surface area contributed by atoms with E-state index in [2.05, 4.69) is 28.0 Å². The summed E-state index contributed by atoms with van der Waals surface area (Å²) in [4.78, 5) is 42.3. The van der Waals surface area contributed by atoms with E-state index in [9.17, 15) is 19.5 Å². The maximum Gasteiger partial charge on any atom is 0.332 e. The number of Topliss-reactive ketones (excluding diaryl/α,β-unsaturated/α-hetero) is 1. The molecule has 1 saturated carbocycles. The largest absolute Gasteiger partial charge is 0.493 e. The lowest BCUT2D eigenvalue weighted by Gasteiger charge is -2.62. The molecule has 2 aliphatic heterocycles. The van der Waals surface area contributed by atoms with Crippen LogP contribution in [0.3, 0.4) is 0 Å². The van der Waals surface area contributed by atoms with Crippen LogP contribution in [0.15, 0.2) is 47.5 Å². The second-order valence-electron chi connectivity index (χ2n) is 11.9. The van der Waals surface area contributed by atoms with E-state index in [0.717, 1.165) is 41.8 Å². The molecule has 12 nitrogen and oxygen atoms in total. The molecule has 5 atom stereocenters. The number of carboxylic acid groups (broad SMARTS) is 1. The maximum absolute atomic E-state index is 12.7. The zero-order valence-electron chi connectivity index (χ0n) is 25.5. The molecule has 0 radical (unpaired) electrons. The summed E-state index contributed by atoms with van der Waals surface area (Å²) < 4.78 is 11.6. The Balaban J connectivity index is 0.000000159. The molecule has 236 valence electrons. The number of ketones is 1. The van der Waals surface area contributed by atoms with Gasteiger partial charge in [-0.25, -0.2) is 4.79 Å². The van der Waals surface area contributed by atoms with E-state index >= 15 is 0 Å². The number of carboxylic acids is 1. The monoisotopic (exact) mass is 616 g/mol. The van der Waals surface area contributed by atoms with Gasteiger partial charge < -0.3 is 34.7 Å². The van der Waals surface area contributed by atoms with Crippen molar-refractivity contribution >= 4 is 11.8 Å². The molecule has 2 bridgehead atoms. The number of pyridine rings is 2. The van der Waals surface area contributed by atoms with Crippen LogP contribution in [0.5, 0.6) is 11.5 Å². The number of carbonyl (C=O) groups is 2. The number of likely N-dealkylation sites (N-methyl/N-ethyl adjacent to an activating group) is 1. The van der Waals surface area contributed by atoms with E-state index in [1.165, 1.54) is 12.5 Å². The van der Waals surface area contributed by atoms with Crippen LogP contribution < -0.4 is 15.0 Å². The average Bonchev–Trinajstić information content (AvgIpc) is 3.38. The highest BCUT2D eigenvalue weighted by atomic mass is 16.5. The van der Waals surface area contributed by atoms with Gasteiger partial charge in [-0.2, -0.15) is 5.26 Å². The molecule has 4 aliphatic rings. The van der Waals surface area contributed by atoms with Crippen molar-refractivity contribution in [1.82, 2.24) is 14.9 Å². The number of hydrogen-bond acceptors (Lipinski definition) is 10. The Hall–Kier alpha value is -4.57. The fourth-order valence-electron chi connectivity index (χ4n) is 7.22. The molecule has 1 spiro atoms. The minimum absolute atomic E-state index is 0.0438. The number of aliphatic hydroxyl groups is 2. The zero-order valence-corrected chi connectivity index (χ0v) is 25.5. The summed E-state index contributed by atoms with van der Waals surface area (Å²) in [5.41, 5.74) is 3.03. The minimum atomic E-state index is -1.23. The van der Waals surface area contributed by atoms with Gasteiger partial charge in [0.1, 0.15) is 17.7 Å². The summed E-state index contributed by atoms with van der Waals surface area (Å²) in [6, 6.07) is 11.2. The molecule has 12 heteroatoms. The van der Waals surface area contributed by atoms with Gasteiger partial charge in [0, 0.05) is 41.7 Å². The molecule has 4 heterocycles. The van der Waals surface area contributed by atoms with Crippen LogP contribution in [0, 0.1) is 18.3 Å². The standard InChI is InChI=1S/C18H21NO4.C12H9N3O.C3H6O3/c1-19-8-7-17-14-10-3-4-12(22-2)15(14)23-16(17)11(20)5-6-18(17,21)13(19)9-10;1-8-11(9-2-4-14-5-3-9)6-10(7-13)12(16)15-8;1-2(4)3(5)6/h3-4,13,16,21H,5-9H2,1-2H3;2-6H,1H3,(H,15,16);2,4H,1H3,(H,5,6)/t13-,16+,17+,18-;;/m1../s1. The number of aliphatic carboxylic acids is 1. The molecule has 0 amide bonds. The molecule has 2 fully saturated rings. The normalized spacial score (nSPS) is 26.0.